The monoisotopic (exact) mass is 347 g/mol. The van der Waals surface area contributed by atoms with Crippen molar-refractivity contribution in [3.8, 4) is 0 Å². The Labute approximate surface area is 132 Å². The van der Waals surface area contributed by atoms with Crippen molar-refractivity contribution in [3.05, 3.63) is 49.3 Å². The molecule has 0 aliphatic carbocycles. The van der Waals surface area contributed by atoms with Gasteiger partial charge in [0.2, 0.25) is 0 Å². The minimum Gasteiger partial charge on any atom is -0.294 e. The largest absolute Gasteiger partial charge is 0.294 e. The first-order valence-electron chi connectivity index (χ1n) is 5.30. The van der Waals surface area contributed by atoms with E-state index in [0.717, 1.165) is 16.2 Å². The van der Waals surface area contributed by atoms with Gasteiger partial charge < -0.3 is 0 Å². The number of rotatable bonds is 4. The van der Waals surface area contributed by atoms with Gasteiger partial charge >= 0.3 is 0 Å². The molecule has 4 nitrogen and oxygen atoms in total. The molecular weight excluding hydrogens is 341 g/mol. The molecule has 104 valence electrons. The molecule has 8 heteroatoms. The van der Waals surface area contributed by atoms with Crippen molar-refractivity contribution in [1.29, 1.82) is 0 Å². The maximum Gasteiger partial charge on any atom is 0.294 e. The molecule has 0 aliphatic heterocycles. The average molecular weight is 348 g/mol. The van der Waals surface area contributed by atoms with E-state index in [9.17, 15) is 14.9 Å². The van der Waals surface area contributed by atoms with Crippen LogP contribution in [0.3, 0.4) is 0 Å². The summed E-state index contributed by atoms with van der Waals surface area (Å²) in [6.45, 7) is 1.38. The zero-order chi connectivity index (χ0) is 14.9. The topological polar surface area (TPSA) is 60.2 Å². The number of nitro groups is 1. The summed E-state index contributed by atoms with van der Waals surface area (Å²) in [5.74, 6) is -0.195. The number of thiophene rings is 1. The molecule has 0 atom stereocenters. The number of carbonyl (C=O) groups excluding carboxylic acids is 1. The second-order valence-corrected chi connectivity index (χ2v) is 6.98. The van der Waals surface area contributed by atoms with Crippen molar-refractivity contribution in [2.75, 3.05) is 0 Å². The van der Waals surface area contributed by atoms with Crippen molar-refractivity contribution in [3.63, 3.8) is 0 Å². The summed E-state index contributed by atoms with van der Waals surface area (Å²) in [5, 5.41) is 11.8. The Bertz CT molecular complexity index is 700. The van der Waals surface area contributed by atoms with E-state index >= 15 is 0 Å². The maximum atomic E-state index is 11.3. The SMILES string of the molecule is CC(=O)c1cc([N+](=O)[O-])c(Sc2ccc(Cl)c(Cl)c2)s1. The first-order chi connectivity index (χ1) is 9.38. The van der Waals surface area contributed by atoms with Crippen molar-refractivity contribution < 1.29 is 9.72 Å². The molecule has 0 saturated carbocycles. The van der Waals surface area contributed by atoms with Crippen LogP contribution in [0.15, 0.2) is 33.4 Å². The van der Waals surface area contributed by atoms with Gasteiger partial charge in [0.1, 0.15) is 4.21 Å². The lowest BCUT2D eigenvalue weighted by atomic mass is 10.3. The quantitative estimate of drug-likeness (QED) is 0.426. The first-order valence-corrected chi connectivity index (χ1v) is 7.69. The van der Waals surface area contributed by atoms with Crippen LogP contribution in [0.2, 0.25) is 10.0 Å². The van der Waals surface area contributed by atoms with Crippen LogP contribution >= 0.6 is 46.3 Å². The Morgan fingerprint density at radius 3 is 2.55 bits per heavy atom. The smallest absolute Gasteiger partial charge is 0.294 e. The third-order valence-corrected chi connectivity index (χ3v) is 5.47. The highest BCUT2D eigenvalue weighted by Gasteiger charge is 2.21. The highest BCUT2D eigenvalue weighted by molar-refractivity contribution is 8.01. The Kier molecular flexibility index (Phi) is 4.70. The standard InChI is InChI=1S/C12H7Cl2NO3S2/c1-6(16)11-5-10(15(17)18)12(20-11)19-7-2-3-8(13)9(14)4-7/h2-5H,1H3. The highest BCUT2D eigenvalue weighted by Crippen LogP contribution is 2.42. The molecule has 0 saturated heterocycles. The fourth-order valence-corrected chi connectivity index (χ4v) is 3.99. The van der Waals surface area contributed by atoms with Crippen LogP contribution in [0.1, 0.15) is 16.6 Å². The van der Waals surface area contributed by atoms with E-state index in [4.69, 9.17) is 23.2 Å². The van der Waals surface area contributed by atoms with E-state index in [0.29, 0.717) is 19.1 Å². The Morgan fingerprint density at radius 1 is 1.30 bits per heavy atom. The molecule has 0 amide bonds. The summed E-state index contributed by atoms with van der Waals surface area (Å²) >= 11 is 14.0. The summed E-state index contributed by atoms with van der Waals surface area (Å²) in [7, 11) is 0. The lowest BCUT2D eigenvalue weighted by Gasteiger charge is -2.01. The Balaban J connectivity index is 2.39. The third-order valence-electron chi connectivity index (χ3n) is 2.32. The zero-order valence-corrected chi connectivity index (χ0v) is 13.2. The highest BCUT2D eigenvalue weighted by atomic mass is 35.5. The second-order valence-electron chi connectivity index (χ2n) is 3.77. The lowest BCUT2D eigenvalue weighted by Crippen LogP contribution is -1.87. The third kappa shape index (κ3) is 3.32. The van der Waals surface area contributed by atoms with Gasteiger partial charge in [-0.05, 0) is 25.1 Å². The Hall–Kier alpha value is -1.08. The van der Waals surface area contributed by atoms with E-state index in [1.54, 1.807) is 18.2 Å². The predicted octanol–water partition coefficient (Wildman–Crippen LogP) is 5.32. The molecule has 0 unspecified atom stereocenters. The fraction of sp³-hybridized carbons (Fsp3) is 0.0833. The molecule has 2 aromatic rings. The van der Waals surface area contributed by atoms with Crippen LogP contribution < -0.4 is 0 Å². The van der Waals surface area contributed by atoms with E-state index in [-0.39, 0.29) is 11.5 Å². The molecule has 1 aromatic heterocycles. The average Bonchev–Trinajstić information content (AvgIpc) is 2.78. The van der Waals surface area contributed by atoms with Crippen LogP contribution in [-0.4, -0.2) is 10.7 Å². The van der Waals surface area contributed by atoms with E-state index in [1.165, 1.54) is 24.8 Å². The van der Waals surface area contributed by atoms with Gasteiger partial charge in [0, 0.05) is 11.0 Å². The zero-order valence-electron chi connectivity index (χ0n) is 10.1. The number of hydrogen-bond acceptors (Lipinski definition) is 5. The molecule has 1 aromatic carbocycles. The molecule has 20 heavy (non-hydrogen) atoms. The molecular formula is C12H7Cl2NO3S2. The number of nitrogens with zero attached hydrogens (tertiary/aromatic N) is 1. The minimum absolute atomic E-state index is 0.0729. The number of ketones is 1. The van der Waals surface area contributed by atoms with Gasteiger partial charge in [0.05, 0.1) is 19.8 Å². The molecule has 0 N–H and O–H groups in total. The molecule has 0 fully saturated rings. The minimum atomic E-state index is -0.497. The maximum absolute atomic E-state index is 11.3. The van der Waals surface area contributed by atoms with Crippen LogP contribution in [-0.2, 0) is 0 Å². The van der Waals surface area contributed by atoms with Gasteiger partial charge in [-0.25, -0.2) is 0 Å². The van der Waals surface area contributed by atoms with Gasteiger partial charge in [-0.3, -0.25) is 14.9 Å². The Morgan fingerprint density at radius 2 is 2.00 bits per heavy atom. The summed E-state index contributed by atoms with van der Waals surface area (Å²) in [5.41, 5.74) is -0.0729. The number of benzene rings is 1. The van der Waals surface area contributed by atoms with Gasteiger partial charge in [-0.1, -0.05) is 35.0 Å². The molecule has 0 spiro atoms. The summed E-state index contributed by atoms with van der Waals surface area (Å²) in [6.07, 6.45) is 0. The molecule has 0 aliphatic rings. The summed E-state index contributed by atoms with van der Waals surface area (Å²) < 4.78 is 0.443. The van der Waals surface area contributed by atoms with Crippen molar-refractivity contribution in [1.82, 2.24) is 0 Å². The summed E-state index contributed by atoms with van der Waals surface area (Å²) in [6, 6.07) is 6.27. The van der Waals surface area contributed by atoms with Crippen LogP contribution in [0.25, 0.3) is 0 Å². The molecule has 2 rings (SSSR count). The number of halogens is 2. The van der Waals surface area contributed by atoms with Gasteiger partial charge in [-0.15, -0.1) is 11.3 Å². The van der Waals surface area contributed by atoms with Crippen molar-refractivity contribution in [2.45, 2.75) is 16.0 Å². The van der Waals surface area contributed by atoms with E-state index < -0.39 is 4.92 Å². The number of Topliss-reactive ketones (excluding diaryl/α,β-unsaturated/α-hetero) is 1. The van der Waals surface area contributed by atoms with Crippen LogP contribution in [0.5, 0.6) is 0 Å². The normalized spacial score (nSPS) is 10.6. The van der Waals surface area contributed by atoms with Crippen molar-refractivity contribution in [2.24, 2.45) is 0 Å². The number of hydrogen-bond donors (Lipinski definition) is 0. The second kappa shape index (κ2) is 6.13. The van der Waals surface area contributed by atoms with Crippen molar-refractivity contribution >= 4 is 57.8 Å². The van der Waals surface area contributed by atoms with Crippen LogP contribution in [0.4, 0.5) is 5.69 Å². The number of carbonyl (C=O) groups is 1. The van der Waals surface area contributed by atoms with Gasteiger partial charge in [0.25, 0.3) is 5.69 Å². The molecule has 0 radical (unpaired) electrons. The molecule has 1 heterocycles. The fourth-order valence-electron chi connectivity index (χ4n) is 1.39. The lowest BCUT2D eigenvalue weighted by molar-refractivity contribution is -0.387. The predicted molar refractivity (Wildman–Crippen MR) is 81.6 cm³/mol. The van der Waals surface area contributed by atoms with E-state index in [1.807, 2.05) is 0 Å². The summed E-state index contributed by atoms with van der Waals surface area (Å²) in [4.78, 5) is 22.9. The van der Waals surface area contributed by atoms with E-state index in [2.05, 4.69) is 0 Å². The first kappa shape index (κ1) is 15.3. The van der Waals surface area contributed by atoms with Gasteiger partial charge in [0.15, 0.2) is 5.78 Å². The van der Waals surface area contributed by atoms with Crippen LogP contribution in [0, 0.1) is 10.1 Å². The molecule has 0 bridgehead atoms. The van der Waals surface area contributed by atoms with Gasteiger partial charge in [-0.2, -0.15) is 0 Å².